The third-order valence-corrected chi connectivity index (χ3v) is 9.33. The van der Waals surface area contributed by atoms with Gasteiger partial charge in [-0.2, -0.15) is 0 Å². The Bertz CT molecular complexity index is 897. The van der Waals surface area contributed by atoms with Crippen molar-refractivity contribution >= 4 is 5.91 Å². The van der Waals surface area contributed by atoms with Crippen LogP contribution in [0.2, 0.25) is 0 Å². The van der Waals surface area contributed by atoms with E-state index in [0.717, 1.165) is 63.4 Å². The van der Waals surface area contributed by atoms with Gasteiger partial charge in [0.25, 0.3) is 0 Å². The van der Waals surface area contributed by atoms with Crippen LogP contribution in [0.4, 0.5) is 0 Å². The van der Waals surface area contributed by atoms with E-state index in [2.05, 4.69) is 45.1 Å². The van der Waals surface area contributed by atoms with Crippen molar-refractivity contribution < 1.29 is 28.8 Å². The van der Waals surface area contributed by atoms with Gasteiger partial charge in [-0.3, -0.25) is 4.79 Å². The molecule has 1 spiro atoms. The van der Waals surface area contributed by atoms with Gasteiger partial charge < -0.3 is 29.4 Å². The van der Waals surface area contributed by atoms with Crippen LogP contribution in [0.15, 0.2) is 18.2 Å². The topological polar surface area (TPSA) is 86.2 Å². The number of rotatable bonds is 18. The second kappa shape index (κ2) is 16.0. The van der Waals surface area contributed by atoms with Crippen LogP contribution in [0.25, 0.3) is 0 Å². The van der Waals surface area contributed by atoms with Crippen molar-refractivity contribution in [3.63, 3.8) is 0 Å². The zero-order valence-corrected chi connectivity index (χ0v) is 25.9. The van der Waals surface area contributed by atoms with E-state index in [1.165, 1.54) is 12.0 Å². The number of hydrogen-bond acceptors (Lipinski definition) is 6. The largest absolute Gasteiger partial charge is 0.493 e. The Labute approximate surface area is 242 Å². The monoisotopic (exact) mass is 561 g/mol. The number of amides is 1. The number of aliphatic hydroxyl groups is 1. The minimum absolute atomic E-state index is 0.0971. The van der Waals surface area contributed by atoms with Crippen LogP contribution >= 0.6 is 0 Å². The Kier molecular flexibility index (Phi) is 13.1. The third-order valence-electron chi connectivity index (χ3n) is 9.33. The molecule has 0 radical (unpaired) electrons. The van der Waals surface area contributed by atoms with Gasteiger partial charge in [0.05, 0.1) is 19.8 Å². The lowest BCUT2D eigenvalue weighted by Gasteiger charge is -2.26. The normalized spacial score (nSPS) is 20.4. The number of carbonyl (C=O) groups excluding carboxylic acids is 1. The molecule has 7 nitrogen and oxygen atoms in total. The lowest BCUT2D eigenvalue weighted by Crippen LogP contribution is -2.37. The molecule has 2 fully saturated rings. The van der Waals surface area contributed by atoms with E-state index in [4.69, 9.17) is 18.9 Å². The molecule has 7 heteroatoms. The molecule has 2 aliphatic rings. The second-order valence-corrected chi connectivity index (χ2v) is 12.8. The number of ether oxygens (including phenoxy) is 4. The maximum atomic E-state index is 13.1. The quantitative estimate of drug-likeness (QED) is 0.225. The smallest absolute Gasteiger partial charge is 0.223 e. The molecular weight excluding hydrogens is 506 g/mol. The predicted octanol–water partition coefficient (Wildman–Crippen LogP) is 5.66. The summed E-state index contributed by atoms with van der Waals surface area (Å²) >= 11 is 0. The molecule has 1 aliphatic heterocycles. The van der Waals surface area contributed by atoms with Gasteiger partial charge >= 0.3 is 0 Å². The summed E-state index contributed by atoms with van der Waals surface area (Å²) in [6.45, 7) is 12.4. The first kappa shape index (κ1) is 32.7. The van der Waals surface area contributed by atoms with Crippen LogP contribution < -0.4 is 14.8 Å². The van der Waals surface area contributed by atoms with Crippen LogP contribution in [0.5, 0.6) is 11.5 Å². The minimum Gasteiger partial charge on any atom is -0.493 e. The molecule has 1 saturated carbocycles. The fourth-order valence-electron chi connectivity index (χ4n) is 6.29. The summed E-state index contributed by atoms with van der Waals surface area (Å²) < 4.78 is 22.1. The molecule has 4 atom stereocenters. The van der Waals surface area contributed by atoms with E-state index in [1.54, 1.807) is 14.2 Å². The molecule has 1 heterocycles. The Morgan fingerprint density at radius 1 is 1.07 bits per heavy atom. The molecule has 228 valence electrons. The highest BCUT2D eigenvalue weighted by Gasteiger charge is 2.53. The Morgan fingerprint density at radius 2 is 1.82 bits per heavy atom. The molecule has 40 heavy (non-hydrogen) atoms. The average molecular weight is 562 g/mol. The SMILES string of the molecule is COCCCOc1cc(CC(CCC(O)CC(C(=O)NC[C@@H]2CC23CCOCC3)C(C)C)C(C)C)ccc1OC. The van der Waals surface area contributed by atoms with Crippen LogP contribution in [-0.2, 0) is 20.7 Å². The highest BCUT2D eigenvalue weighted by molar-refractivity contribution is 5.79. The van der Waals surface area contributed by atoms with Crippen molar-refractivity contribution in [2.45, 2.75) is 85.2 Å². The van der Waals surface area contributed by atoms with Crippen LogP contribution in [0.3, 0.4) is 0 Å². The van der Waals surface area contributed by atoms with Crippen molar-refractivity contribution in [3.05, 3.63) is 23.8 Å². The number of benzene rings is 1. The van der Waals surface area contributed by atoms with E-state index in [0.29, 0.717) is 49.2 Å². The van der Waals surface area contributed by atoms with Gasteiger partial charge in [0, 0.05) is 45.8 Å². The fraction of sp³-hybridized carbons (Fsp3) is 0.788. The molecule has 1 aromatic carbocycles. The zero-order chi connectivity index (χ0) is 29.1. The van der Waals surface area contributed by atoms with E-state index < -0.39 is 6.10 Å². The molecule has 1 amide bonds. The van der Waals surface area contributed by atoms with Crippen molar-refractivity contribution in [2.24, 2.45) is 35.0 Å². The van der Waals surface area contributed by atoms with Crippen molar-refractivity contribution in [3.8, 4) is 11.5 Å². The van der Waals surface area contributed by atoms with Gasteiger partial charge in [-0.15, -0.1) is 0 Å². The summed E-state index contributed by atoms with van der Waals surface area (Å²) in [7, 11) is 3.35. The van der Waals surface area contributed by atoms with Gasteiger partial charge in [0.1, 0.15) is 0 Å². The van der Waals surface area contributed by atoms with Crippen LogP contribution in [-0.4, -0.2) is 64.3 Å². The molecule has 0 bridgehead atoms. The second-order valence-electron chi connectivity index (χ2n) is 12.8. The van der Waals surface area contributed by atoms with E-state index in [1.807, 2.05) is 6.07 Å². The van der Waals surface area contributed by atoms with Crippen LogP contribution in [0, 0.1) is 35.0 Å². The maximum Gasteiger partial charge on any atom is 0.223 e. The summed E-state index contributed by atoms with van der Waals surface area (Å²) in [5.41, 5.74) is 1.61. The molecule has 1 saturated heterocycles. The molecule has 1 aliphatic carbocycles. The highest BCUT2D eigenvalue weighted by Crippen LogP contribution is 2.58. The first-order valence-corrected chi connectivity index (χ1v) is 15.5. The lowest BCUT2D eigenvalue weighted by atomic mass is 9.82. The van der Waals surface area contributed by atoms with Gasteiger partial charge in [-0.05, 0) is 91.7 Å². The van der Waals surface area contributed by atoms with E-state index >= 15 is 0 Å². The number of nitrogens with one attached hydrogen (secondary N) is 1. The Morgan fingerprint density at radius 3 is 2.48 bits per heavy atom. The summed E-state index contributed by atoms with van der Waals surface area (Å²) in [6, 6.07) is 6.17. The first-order valence-electron chi connectivity index (χ1n) is 15.5. The summed E-state index contributed by atoms with van der Waals surface area (Å²) in [5.74, 6) is 3.09. The molecule has 3 unspecified atom stereocenters. The van der Waals surface area contributed by atoms with Gasteiger partial charge in [-0.1, -0.05) is 33.8 Å². The number of methoxy groups -OCH3 is 2. The van der Waals surface area contributed by atoms with Crippen molar-refractivity contribution in [2.75, 3.05) is 47.2 Å². The van der Waals surface area contributed by atoms with Crippen molar-refractivity contribution in [1.82, 2.24) is 5.32 Å². The standard InChI is InChI=1S/C33H55NO6/c1-23(2)26(18-25-8-11-30(38-6)31(19-25)40-15-7-14-37-5)9-10-28(35)20-29(24(3)4)32(36)34-22-27-21-33(27)12-16-39-17-13-33/h8,11,19,23-24,26-29,35H,7,9-10,12-18,20-22H2,1-6H3,(H,34,36)/t26?,27-,28?,29?/m0/s1. The fourth-order valence-corrected chi connectivity index (χ4v) is 6.29. The van der Waals surface area contributed by atoms with Gasteiger partial charge in [0.2, 0.25) is 5.91 Å². The Hall–Kier alpha value is -1.83. The predicted molar refractivity (Wildman–Crippen MR) is 159 cm³/mol. The van der Waals surface area contributed by atoms with E-state index in [9.17, 15) is 9.90 Å². The van der Waals surface area contributed by atoms with E-state index in [-0.39, 0.29) is 17.7 Å². The van der Waals surface area contributed by atoms with Crippen molar-refractivity contribution in [1.29, 1.82) is 0 Å². The summed E-state index contributed by atoms with van der Waals surface area (Å²) in [6.07, 6.45) is 6.81. The first-order chi connectivity index (χ1) is 19.2. The van der Waals surface area contributed by atoms with Gasteiger partial charge in [-0.25, -0.2) is 0 Å². The molecular formula is C33H55NO6. The molecule has 1 aromatic rings. The summed E-state index contributed by atoms with van der Waals surface area (Å²) in [5, 5.41) is 14.3. The molecule has 3 rings (SSSR count). The minimum atomic E-state index is -0.488. The Balaban J connectivity index is 1.49. The third kappa shape index (κ3) is 9.63. The zero-order valence-electron chi connectivity index (χ0n) is 25.9. The van der Waals surface area contributed by atoms with Gasteiger partial charge in [0.15, 0.2) is 11.5 Å². The highest BCUT2D eigenvalue weighted by atomic mass is 16.5. The number of aliphatic hydroxyl groups excluding tert-OH is 1. The van der Waals surface area contributed by atoms with Crippen LogP contribution in [0.1, 0.15) is 78.2 Å². The summed E-state index contributed by atoms with van der Waals surface area (Å²) in [4.78, 5) is 13.1. The molecule has 0 aromatic heterocycles. The number of hydrogen-bond donors (Lipinski definition) is 2. The number of carbonyl (C=O) groups is 1. The maximum absolute atomic E-state index is 13.1. The lowest BCUT2D eigenvalue weighted by molar-refractivity contribution is -0.127. The average Bonchev–Trinajstić information content (AvgIpc) is 3.61. The molecule has 2 N–H and O–H groups in total.